The molecule has 0 amide bonds. The van der Waals surface area contributed by atoms with E-state index in [1.54, 1.807) is 0 Å². The SMILES string of the molecule is C#CC[Si](C)(C)c1ccccc1[Si](C)(C)CC#C. The number of terminal acetylenes is 2. The fraction of sp³-hybridized carbons (Fsp3) is 0.375. The van der Waals surface area contributed by atoms with Gasteiger partial charge in [0.2, 0.25) is 0 Å². The average molecular weight is 271 g/mol. The Morgan fingerprint density at radius 3 is 1.44 bits per heavy atom. The van der Waals surface area contributed by atoms with E-state index in [1.807, 2.05) is 0 Å². The summed E-state index contributed by atoms with van der Waals surface area (Å²) < 4.78 is 0. The smallest absolute Gasteiger partial charge is 0.0925 e. The Labute approximate surface area is 114 Å². The Balaban J connectivity index is 3.33. The average Bonchev–Trinajstić information content (AvgIpc) is 2.29. The van der Waals surface area contributed by atoms with Gasteiger partial charge in [0, 0.05) is 12.1 Å². The highest BCUT2D eigenvalue weighted by Gasteiger charge is 2.31. The zero-order valence-electron chi connectivity index (χ0n) is 11.9. The molecule has 0 atom stereocenters. The van der Waals surface area contributed by atoms with Gasteiger partial charge in [0.15, 0.2) is 0 Å². The first-order valence-corrected chi connectivity index (χ1v) is 12.7. The monoisotopic (exact) mass is 270 g/mol. The third-order valence-corrected chi connectivity index (χ3v) is 9.69. The van der Waals surface area contributed by atoms with Crippen molar-refractivity contribution in [3.8, 4) is 24.7 Å². The normalized spacial score (nSPS) is 11.7. The summed E-state index contributed by atoms with van der Waals surface area (Å²) in [5, 5.41) is 3.02. The van der Waals surface area contributed by atoms with Crippen LogP contribution in [-0.2, 0) is 0 Å². The molecule has 18 heavy (non-hydrogen) atoms. The predicted molar refractivity (Wildman–Crippen MR) is 88.0 cm³/mol. The van der Waals surface area contributed by atoms with E-state index in [0.717, 1.165) is 12.1 Å². The van der Waals surface area contributed by atoms with Crippen molar-refractivity contribution in [2.45, 2.75) is 38.3 Å². The van der Waals surface area contributed by atoms with Gasteiger partial charge < -0.3 is 0 Å². The molecule has 0 saturated heterocycles. The summed E-state index contributed by atoms with van der Waals surface area (Å²) in [6.45, 7) is 9.41. The van der Waals surface area contributed by atoms with Gasteiger partial charge in [0.25, 0.3) is 0 Å². The molecule has 0 bridgehead atoms. The number of benzene rings is 1. The van der Waals surface area contributed by atoms with Crippen molar-refractivity contribution in [1.82, 2.24) is 0 Å². The van der Waals surface area contributed by atoms with Gasteiger partial charge >= 0.3 is 0 Å². The summed E-state index contributed by atoms with van der Waals surface area (Å²) in [7, 11) is -3.07. The largest absolute Gasteiger partial charge is 0.120 e. The summed E-state index contributed by atoms with van der Waals surface area (Å²) in [4.78, 5) is 0. The Morgan fingerprint density at radius 2 is 1.17 bits per heavy atom. The highest BCUT2D eigenvalue weighted by molar-refractivity contribution is 6.99. The molecule has 0 spiro atoms. The van der Waals surface area contributed by atoms with E-state index < -0.39 is 16.1 Å². The van der Waals surface area contributed by atoms with Gasteiger partial charge in [-0.2, -0.15) is 0 Å². The van der Waals surface area contributed by atoms with Gasteiger partial charge in [-0.25, -0.2) is 0 Å². The van der Waals surface area contributed by atoms with Crippen LogP contribution in [0.1, 0.15) is 0 Å². The molecular formula is C16H22Si2. The van der Waals surface area contributed by atoms with Gasteiger partial charge in [0.1, 0.15) is 0 Å². The summed E-state index contributed by atoms with van der Waals surface area (Å²) in [5.74, 6) is 5.71. The minimum atomic E-state index is -1.53. The van der Waals surface area contributed by atoms with Crippen LogP contribution in [0.2, 0.25) is 38.3 Å². The predicted octanol–water partition coefficient (Wildman–Crippen LogP) is 2.78. The third-order valence-electron chi connectivity index (χ3n) is 3.47. The molecular weight excluding hydrogens is 248 g/mol. The van der Waals surface area contributed by atoms with Crippen LogP contribution in [0.15, 0.2) is 24.3 Å². The molecule has 0 aliphatic rings. The number of rotatable bonds is 4. The molecule has 0 nitrogen and oxygen atoms in total. The quantitative estimate of drug-likeness (QED) is 0.583. The maximum absolute atomic E-state index is 5.53. The summed E-state index contributed by atoms with van der Waals surface area (Å²) in [5.41, 5.74) is 0. The topological polar surface area (TPSA) is 0 Å². The molecule has 0 unspecified atom stereocenters. The first-order chi connectivity index (χ1) is 8.35. The van der Waals surface area contributed by atoms with Crippen molar-refractivity contribution >= 4 is 26.5 Å². The van der Waals surface area contributed by atoms with Crippen LogP contribution in [0.5, 0.6) is 0 Å². The van der Waals surface area contributed by atoms with Gasteiger partial charge in [-0.15, -0.1) is 24.7 Å². The van der Waals surface area contributed by atoms with Gasteiger partial charge in [0.05, 0.1) is 16.1 Å². The van der Waals surface area contributed by atoms with Gasteiger partial charge in [-0.05, 0) is 0 Å². The van der Waals surface area contributed by atoms with E-state index in [4.69, 9.17) is 12.8 Å². The lowest BCUT2D eigenvalue weighted by atomic mass is 10.4. The van der Waals surface area contributed by atoms with Crippen molar-refractivity contribution in [1.29, 1.82) is 0 Å². The van der Waals surface area contributed by atoms with E-state index in [-0.39, 0.29) is 0 Å². The Hall–Kier alpha value is -1.23. The maximum atomic E-state index is 5.53. The van der Waals surface area contributed by atoms with Crippen LogP contribution < -0.4 is 10.4 Å². The zero-order valence-corrected chi connectivity index (χ0v) is 13.9. The highest BCUT2D eigenvalue weighted by Crippen LogP contribution is 2.13. The second-order valence-electron chi connectivity index (χ2n) is 6.08. The van der Waals surface area contributed by atoms with Crippen LogP contribution in [0.4, 0.5) is 0 Å². The number of hydrogen-bond donors (Lipinski definition) is 0. The molecule has 0 heterocycles. The molecule has 0 radical (unpaired) electrons. The highest BCUT2D eigenvalue weighted by atomic mass is 28.3. The summed E-state index contributed by atoms with van der Waals surface area (Å²) >= 11 is 0. The van der Waals surface area contributed by atoms with Crippen LogP contribution in [-0.4, -0.2) is 16.1 Å². The second-order valence-corrected chi connectivity index (χ2v) is 15.4. The van der Waals surface area contributed by atoms with Crippen LogP contribution in [0.25, 0.3) is 0 Å². The van der Waals surface area contributed by atoms with Crippen molar-refractivity contribution in [3.05, 3.63) is 24.3 Å². The fourth-order valence-electron chi connectivity index (χ4n) is 2.36. The molecule has 0 aromatic heterocycles. The minimum absolute atomic E-state index is 0.893. The Morgan fingerprint density at radius 1 is 0.833 bits per heavy atom. The molecule has 0 aliphatic carbocycles. The molecule has 1 aromatic rings. The first kappa shape index (κ1) is 14.8. The van der Waals surface area contributed by atoms with Crippen LogP contribution in [0, 0.1) is 24.7 Å². The summed E-state index contributed by atoms with van der Waals surface area (Å²) in [6.07, 6.45) is 11.1. The van der Waals surface area contributed by atoms with E-state index in [1.165, 1.54) is 10.4 Å². The molecule has 0 fully saturated rings. The van der Waals surface area contributed by atoms with Crippen molar-refractivity contribution < 1.29 is 0 Å². The van der Waals surface area contributed by atoms with E-state index in [2.05, 4.69) is 62.3 Å². The van der Waals surface area contributed by atoms with E-state index in [0.29, 0.717) is 0 Å². The lowest BCUT2D eigenvalue weighted by Gasteiger charge is -2.30. The van der Waals surface area contributed by atoms with Crippen LogP contribution >= 0.6 is 0 Å². The second kappa shape index (κ2) is 5.61. The van der Waals surface area contributed by atoms with Crippen molar-refractivity contribution in [2.24, 2.45) is 0 Å². The first-order valence-electron chi connectivity index (χ1n) is 6.32. The molecule has 1 aromatic carbocycles. The lowest BCUT2D eigenvalue weighted by Crippen LogP contribution is -2.58. The van der Waals surface area contributed by atoms with Crippen molar-refractivity contribution in [2.75, 3.05) is 0 Å². The Kier molecular flexibility index (Phi) is 4.62. The Bertz CT molecular complexity index is 452. The molecule has 2 heteroatoms. The van der Waals surface area contributed by atoms with Gasteiger partial charge in [-0.3, -0.25) is 0 Å². The molecule has 94 valence electrons. The van der Waals surface area contributed by atoms with Gasteiger partial charge in [-0.1, -0.05) is 60.8 Å². The molecule has 0 aliphatic heterocycles. The minimum Gasteiger partial charge on any atom is -0.120 e. The lowest BCUT2D eigenvalue weighted by molar-refractivity contribution is 1.56. The molecule has 0 N–H and O–H groups in total. The van der Waals surface area contributed by atoms with E-state index >= 15 is 0 Å². The van der Waals surface area contributed by atoms with E-state index in [9.17, 15) is 0 Å². The van der Waals surface area contributed by atoms with Crippen molar-refractivity contribution in [3.63, 3.8) is 0 Å². The fourth-order valence-corrected chi connectivity index (χ4v) is 8.52. The van der Waals surface area contributed by atoms with Crippen LogP contribution in [0.3, 0.4) is 0 Å². The molecule has 0 saturated carbocycles. The summed E-state index contributed by atoms with van der Waals surface area (Å²) in [6, 6.07) is 10.6. The third kappa shape index (κ3) is 3.16. The maximum Gasteiger partial charge on any atom is 0.0925 e. The number of hydrogen-bond acceptors (Lipinski definition) is 0. The standard InChI is InChI=1S/C16H22Si2/c1-7-13-17(3,4)15-11-9-10-12-16(15)18(5,6)14-8-2/h1-2,9-12H,13-14H2,3-6H3. The molecule has 1 rings (SSSR count). The zero-order chi connectivity index (χ0) is 13.8.